The lowest BCUT2D eigenvalue weighted by molar-refractivity contribution is -0.139. The van der Waals surface area contributed by atoms with Crippen molar-refractivity contribution in [2.45, 2.75) is 19.8 Å². The third-order valence-electron chi connectivity index (χ3n) is 1.95. The Kier molecular flexibility index (Phi) is 5.19. The van der Waals surface area contributed by atoms with E-state index in [1.54, 1.807) is 24.3 Å². The second-order valence-corrected chi connectivity index (χ2v) is 3.36. The Hall–Kier alpha value is -1.71. The van der Waals surface area contributed by atoms with Crippen molar-refractivity contribution in [1.29, 1.82) is 0 Å². The van der Waals surface area contributed by atoms with Gasteiger partial charge in [0.1, 0.15) is 11.5 Å². The molecule has 1 aromatic carbocycles. The van der Waals surface area contributed by atoms with Crippen LogP contribution in [0.5, 0.6) is 11.5 Å². The molecular formula is C12H16O4. The molecule has 0 aromatic heterocycles. The fourth-order valence-corrected chi connectivity index (χ4v) is 1.11. The summed E-state index contributed by atoms with van der Waals surface area (Å²) in [5.41, 5.74) is 0. The largest absolute Gasteiger partial charge is 0.494 e. The maximum absolute atomic E-state index is 10.3. The second-order valence-electron chi connectivity index (χ2n) is 3.36. The van der Waals surface area contributed by atoms with Gasteiger partial charge in [-0.05, 0) is 30.7 Å². The van der Waals surface area contributed by atoms with Gasteiger partial charge < -0.3 is 14.6 Å². The minimum absolute atomic E-state index is 0.323. The van der Waals surface area contributed by atoms with E-state index < -0.39 is 5.97 Å². The quantitative estimate of drug-likeness (QED) is 0.722. The van der Waals surface area contributed by atoms with E-state index in [9.17, 15) is 4.79 Å². The third kappa shape index (κ3) is 4.68. The summed E-state index contributed by atoms with van der Waals surface area (Å²) in [6, 6.07) is 6.94. The van der Waals surface area contributed by atoms with Crippen molar-refractivity contribution in [3.63, 3.8) is 0 Å². The number of unbranched alkanes of at least 4 members (excludes halogenated alkanes) is 1. The molecule has 0 saturated carbocycles. The van der Waals surface area contributed by atoms with Gasteiger partial charge in [0.15, 0.2) is 6.61 Å². The zero-order valence-electron chi connectivity index (χ0n) is 9.31. The predicted octanol–water partition coefficient (Wildman–Crippen LogP) is 2.33. The molecule has 0 atom stereocenters. The predicted molar refractivity (Wildman–Crippen MR) is 60.0 cm³/mol. The molecule has 1 aromatic rings. The number of rotatable bonds is 7. The molecule has 4 heteroatoms. The monoisotopic (exact) mass is 224 g/mol. The molecule has 0 fully saturated rings. The van der Waals surface area contributed by atoms with Gasteiger partial charge in [-0.15, -0.1) is 0 Å². The first kappa shape index (κ1) is 12.4. The van der Waals surface area contributed by atoms with Gasteiger partial charge in [0.05, 0.1) is 6.61 Å². The molecule has 1 rings (SSSR count). The van der Waals surface area contributed by atoms with Crippen LogP contribution in [0, 0.1) is 0 Å². The Morgan fingerprint density at radius 3 is 2.25 bits per heavy atom. The molecule has 0 aliphatic carbocycles. The third-order valence-corrected chi connectivity index (χ3v) is 1.95. The highest BCUT2D eigenvalue weighted by Crippen LogP contribution is 2.17. The highest BCUT2D eigenvalue weighted by atomic mass is 16.5. The van der Waals surface area contributed by atoms with Crippen LogP contribution in [0.3, 0.4) is 0 Å². The van der Waals surface area contributed by atoms with E-state index in [4.69, 9.17) is 14.6 Å². The van der Waals surface area contributed by atoms with Crippen LogP contribution < -0.4 is 9.47 Å². The van der Waals surface area contributed by atoms with Crippen LogP contribution in [-0.4, -0.2) is 24.3 Å². The Labute approximate surface area is 94.8 Å². The van der Waals surface area contributed by atoms with E-state index >= 15 is 0 Å². The number of hydrogen-bond donors (Lipinski definition) is 1. The van der Waals surface area contributed by atoms with Crippen LogP contribution in [0.25, 0.3) is 0 Å². The fraction of sp³-hybridized carbons (Fsp3) is 0.417. The van der Waals surface area contributed by atoms with E-state index in [-0.39, 0.29) is 6.61 Å². The summed E-state index contributed by atoms with van der Waals surface area (Å²) in [7, 11) is 0. The molecule has 0 aliphatic heterocycles. The molecule has 88 valence electrons. The Morgan fingerprint density at radius 1 is 1.19 bits per heavy atom. The second kappa shape index (κ2) is 6.71. The number of ether oxygens (including phenoxy) is 2. The van der Waals surface area contributed by atoms with Crippen molar-refractivity contribution >= 4 is 5.97 Å². The van der Waals surface area contributed by atoms with Crippen LogP contribution in [0.4, 0.5) is 0 Å². The van der Waals surface area contributed by atoms with Crippen molar-refractivity contribution in [3.05, 3.63) is 24.3 Å². The van der Waals surface area contributed by atoms with Crippen LogP contribution >= 0.6 is 0 Å². The van der Waals surface area contributed by atoms with Gasteiger partial charge in [0, 0.05) is 0 Å². The normalized spacial score (nSPS) is 9.81. The smallest absolute Gasteiger partial charge is 0.341 e. The number of carbonyl (C=O) groups is 1. The fourth-order valence-electron chi connectivity index (χ4n) is 1.11. The van der Waals surface area contributed by atoms with Crippen molar-refractivity contribution in [3.8, 4) is 11.5 Å². The van der Waals surface area contributed by atoms with Gasteiger partial charge in [0.25, 0.3) is 0 Å². The molecule has 0 radical (unpaired) electrons. The standard InChI is InChI=1S/C12H16O4/c1-2-3-8-15-10-4-6-11(7-5-10)16-9-12(13)14/h4-7H,2-3,8-9H2,1H3,(H,13,14). The summed E-state index contributed by atoms with van der Waals surface area (Å²) in [6.45, 7) is 2.48. The molecule has 0 aliphatic rings. The Balaban J connectivity index is 2.38. The summed E-state index contributed by atoms with van der Waals surface area (Å²) in [6.07, 6.45) is 2.12. The van der Waals surface area contributed by atoms with Gasteiger partial charge >= 0.3 is 5.97 Å². The lowest BCUT2D eigenvalue weighted by Crippen LogP contribution is -2.09. The number of carboxylic acids is 1. The van der Waals surface area contributed by atoms with Crippen LogP contribution in [-0.2, 0) is 4.79 Å². The van der Waals surface area contributed by atoms with Crippen LogP contribution in [0.1, 0.15) is 19.8 Å². The summed E-state index contributed by atoms with van der Waals surface area (Å²) in [4.78, 5) is 10.3. The van der Waals surface area contributed by atoms with Crippen LogP contribution in [0.2, 0.25) is 0 Å². The van der Waals surface area contributed by atoms with Gasteiger partial charge in [-0.1, -0.05) is 13.3 Å². The zero-order chi connectivity index (χ0) is 11.8. The zero-order valence-corrected chi connectivity index (χ0v) is 9.31. The lowest BCUT2D eigenvalue weighted by Gasteiger charge is -2.06. The number of benzene rings is 1. The number of aliphatic carboxylic acids is 1. The minimum Gasteiger partial charge on any atom is -0.494 e. The average Bonchev–Trinajstić information content (AvgIpc) is 2.28. The molecular weight excluding hydrogens is 208 g/mol. The molecule has 0 heterocycles. The topological polar surface area (TPSA) is 55.8 Å². The lowest BCUT2D eigenvalue weighted by atomic mass is 10.3. The first-order valence-electron chi connectivity index (χ1n) is 5.30. The highest BCUT2D eigenvalue weighted by molar-refractivity contribution is 5.68. The first-order valence-corrected chi connectivity index (χ1v) is 5.30. The van der Waals surface area contributed by atoms with E-state index in [1.165, 1.54) is 0 Å². The van der Waals surface area contributed by atoms with E-state index in [0.717, 1.165) is 18.6 Å². The first-order chi connectivity index (χ1) is 7.72. The Bertz CT molecular complexity index is 318. The molecule has 4 nitrogen and oxygen atoms in total. The summed E-state index contributed by atoms with van der Waals surface area (Å²) < 4.78 is 10.4. The summed E-state index contributed by atoms with van der Waals surface area (Å²) in [5.74, 6) is 0.324. The van der Waals surface area contributed by atoms with Crippen molar-refractivity contribution < 1.29 is 19.4 Å². The number of carboxylic acid groups (broad SMARTS) is 1. The van der Waals surface area contributed by atoms with Crippen LogP contribution in [0.15, 0.2) is 24.3 Å². The number of hydrogen-bond acceptors (Lipinski definition) is 3. The highest BCUT2D eigenvalue weighted by Gasteiger charge is 1.99. The van der Waals surface area contributed by atoms with E-state index in [2.05, 4.69) is 6.92 Å². The summed E-state index contributed by atoms with van der Waals surface area (Å²) >= 11 is 0. The van der Waals surface area contributed by atoms with Crippen molar-refractivity contribution in [1.82, 2.24) is 0 Å². The Morgan fingerprint density at radius 2 is 1.75 bits per heavy atom. The maximum Gasteiger partial charge on any atom is 0.341 e. The SMILES string of the molecule is CCCCOc1ccc(OCC(=O)O)cc1. The molecule has 0 bridgehead atoms. The minimum atomic E-state index is -0.983. The van der Waals surface area contributed by atoms with Gasteiger partial charge in [-0.3, -0.25) is 0 Å². The molecule has 0 saturated heterocycles. The van der Waals surface area contributed by atoms with E-state index in [1.807, 2.05) is 0 Å². The average molecular weight is 224 g/mol. The molecule has 1 N–H and O–H groups in total. The molecule has 0 spiro atoms. The maximum atomic E-state index is 10.3. The molecule has 0 unspecified atom stereocenters. The molecule has 16 heavy (non-hydrogen) atoms. The van der Waals surface area contributed by atoms with E-state index in [0.29, 0.717) is 12.4 Å². The van der Waals surface area contributed by atoms with Gasteiger partial charge in [-0.25, -0.2) is 4.79 Å². The van der Waals surface area contributed by atoms with Gasteiger partial charge in [-0.2, -0.15) is 0 Å². The summed E-state index contributed by atoms with van der Waals surface area (Å²) in [5, 5.41) is 8.42. The van der Waals surface area contributed by atoms with Crippen molar-refractivity contribution in [2.24, 2.45) is 0 Å². The molecule has 0 amide bonds. The van der Waals surface area contributed by atoms with Gasteiger partial charge in [0.2, 0.25) is 0 Å². The van der Waals surface area contributed by atoms with Crippen molar-refractivity contribution in [2.75, 3.05) is 13.2 Å².